The van der Waals surface area contributed by atoms with Crippen molar-refractivity contribution in [1.82, 2.24) is 9.88 Å². The fourth-order valence-electron chi connectivity index (χ4n) is 2.90. The molecule has 2 heterocycles. The Hall–Kier alpha value is -1.24. The van der Waals surface area contributed by atoms with Crippen molar-refractivity contribution in [2.24, 2.45) is 5.73 Å². The van der Waals surface area contributed by atoms with E-state index in [-0.39, 0.29) is 6.61 Å². The maximum Gasteiger partial charge on any atom is 0.139 e. The number of aliphatic hydroxyl groups is 1. The number of aromatic nitrogens is 1. The molecule has 0 spiro atoms. The SMILES string of the molecule is Cc1cc(C)c(C(N)=S)c(N2CCCN(CCO)CC2)n1. The third kappa shape index (κ3) is 3.90. The van der Waals surface area contributed by atoms with E-state index in [1.165, 1.54) is 0 Å². The number of pyridine rings is 1. The van der Waals surface area contributed by atoms with Gasteiger partial charge in [0.2, 0.25) is 0 Å². The van der Waals surface area contributed by atoms with Crippen molar-refractivity contribution in [2.75, 3.05) is 44.2 Å². The summed E-state index contributed by atoms with van der Waals surface area (Å²) in [5, 5.41) is 9.08. The monoisotopic (exact) mass is 308 g/mol. The summed E-state index contributed by atoms with van der Waals surface area (Å²) in [5.41, 5.74) is 8.87. The second kappa shape index (κ2) is 7.15. The molecule has 0 unspecified atom stereocenters. The molecule has 0 atom stereocenters. The average molecular weight is 308 g/mol. The van der Waals surface area contributed by atoms with Gasteiger partial charge in [-0.15, -0.1) is 0 Å². The first-order valence-electron chi connectivity index (χ1n) is 7.39. The van der Waals surface area contributed by atoms with Crippen LogP contribution in [-0.2, 0) is 0 Å². The second-order valence-corrected chi connectivity index (χ2v) is 5.99. The van der Waals surface area contributed by atoms with Gasteiger partial charge in [-0.2, -0.15) is 0 Å². The zero-order chi connectivity index (χ0) is 15.4. The van der Waals surface area contributed by atoms with E-state index in [4.69, 9.17) is 23.1 Å². The Morgan fingerprint density at radius 2 is 2.10 bits per heavy atom. The van der Waals surface area contributed by atoms with E-state index in [0.29, 0.717) is 4.99 Å². The van der Waals surface area contributed by atoms with Crippen molar-refractivity contribution in [3.63, 3.8) is 0 Å². The number of hydrogen-bond acceptors (Lipinski definition) is 5. The van der Waals surface area contributed by atoms with Gasteiger partial charge in [0.1, 0.15) is 10.8 Å². The number of aliphatic hydroxyl groups excluding tert-OH is 1. The Kier molecular flexibility index (Phi) is 5.50. The van der Waals surface area contributed by atoms with E-state index in [0.717, 1.165) is 61.8 Å². The first-order chi connectivity index (χ1) is 10.0. The molecule has 0 amide bonds. The van der Waals surface area contributed by atoms with E-state index in [9.17, 15) is 0 Å². The standard InChI is InChI=1S/C15H24N4OS/c1-11-10-12(2)17-15(13(11)14(16)21)19-5-3-4-18(6-7-19)8-9-20/h10,20H,3-9H2,1-2H3,(H2,16,21). The molecule has 0 aliphatic carbocycles. The van der Waals surface area contributed by atoms with Gasteiger partial charge in [0.15, 0.2) is 0 Å². The molecule has 1 aromatic rings. The van der Waals surface area contributed by atoms with Crippen molar-refractivity contribution in [1.29, 1.82) is 0 Å². The normalized spacial score (nSPS) is 16.8. The second-order valence-electron chi connectivity index (χ2n) is 5.55. The Morgan fingerprint density at radius 1 is 1.33 bits per heavy atom. The molecule has 6 heteroatoms. The number of anilines is 1. The van der Waals surface area contributed by atoms with E-state index in [1.807, 2.05) is 19.9 Å². The Bertz CT molecular complexity index is 521. The van der Waals surface area contributed by atoms with Gasteiger partial charge in [-0.3, -0.25) is 4.90 Å². The fraction of sp³-hybridized carbons (Fsp3) is 0.600. The highest BCUT2D eigenvalue weighted by Gasteiger charge is 2.20. The molecule has 3 N–H and O–H groups in total. The van der Waals surface area contributed by atoms with Crippen molar-refractivity contribution < 1.29 is 5.11 Å². The zero-order valence-electron chi connectivity index (χ0n) is 12.8. The lowest BCUT2D eigenvalue weighted by Crippen LogP contribution is -2.34. The van der Waals surface area contributed by atoms with E-state index >= 15 is 0 Å². The maximum atomic E-state index is 9.08. The van der Waals surface area contributed by atoms with Crippen LogP contribution in [0.3, 0.4) is 0 Å². The smallest absolute Gasteiger partial charge is 0.139 e. The highest BCUT2D eigenvalue weighted by Crippen LogP contribution is 2.23. The molecule has 1 saturated heterocycles. The Morgan fingerprint density at radius 3 is 2.76 bits per heavy atom. The summed E-state index contributed by atoms with van der Waals surface area (Å²) in [6, 6.07) is 2.02. The summed E-state index contributed by atoms with van der Waals surface area (Å²) in [4.78, 5) is 9.64. The van der Waals surface area contributed by atoms with Gasteiger partial charge in [-0.25, -0.2) is 4.98 Å². The van der Waals surface area contributed by atoms with Crippen LogP contribution < -0.4 is 10.6 Å². The van der Waals surface area contributed by atoms with Gasteiger partial charge in [-0.1, -0.05) is 12.2 Å². The molecule has 21 heavy (non-hydrogen) atoms. The molecular weight excluding hydrogens is 284 g/mol. The molecule has 116 valence electrons. The molecule has 1 fully saturated rings. The molecule has 1 aliphatic heterocycles. The van der Waals surface area contributed by atoms with Crippen molar-refractivity contribution >= 4 is 23.0 Å². The minimum Gasteiger partial charge on any atom is -0.395 e. The van der Waals surface area contributed by atoms with Gasteiger partial charge in [0, 0.05) is 31.9 Å². The lowest BCUT2D eigenvalue weighted by Gasteiger charge is -2.25. The van der Waals surface area contributed by atoms with Gasteiger partial charge < -0.3 is 15.7 Å². The molecule has 5 nitrogen and oxygen atoms in total. The highest BCUT2D eigenvalue weighted by molar-refractivity contribution is 7.80. The summed E-state index contributed by atoms with van der Waals surface area (Å²) in [5.74, 6) is 0.908. The van der Waals surface area contributed by atoms with E-state index < -0.39 is 0 Å². The molecule has 1 aromatic heterocycles. The van der Waals surface area contributed by atoms with Gasteiger partial charge >= 0.3 is 0 Å². The number of hydrogen-bond donors (Lipinski definition) is 2. The predicted octanol–water partition coefficient (Wildman–Crippen LogP) is 0.837. The highest BCUT2D eigenvalue weighted by atomic mass is 32.1. The summed E-state index contributed by atoms with van der Waals surface area (Å²) in [7, 11) is 0. The van der Waals surface area contributed by atoms with Crippen LogP contribution in [0.15, 0.2) is 6.07 Å². The quantitative estimate of drug-likeness (QED) is 0.804. The summed E-state index contributed by atoms with van der Waals surface area (Å²) >= 11 is 5.22. The molecule has 0 bridgehead atoms. The summed E-state index contributed by atoms with van der Waals surface area (Å²) in [6.07, 6.45) is 1.05. The van der Waals surface area contributed by atoms with Crippen molar-refractivity contribution in [2.45, 2.75) is 20.3 Å². The third-order valence-electron chi connectivity index (χ3n) is 3.88. The molecule has 0 saturated carbocycles. The first kappa shape index (κ1) is 16.1. The minimum absolute atomic E-state index is 0.208. The van der Waals surface area contributed by atoms with Crippen LogP contribution >= 0.6 is 12.2 Å². The van der Waals surface area contributed by atoms with Gasteiger partial charge in [-0.05, 0) is 38.4 Å². The molecule has 0 aromatic carbocycles. The van der Waals surface area contributed by atoms with Crippen LogP contribution in [0.1, 0.15) is 23.2 Å². The molecular formula is C15H24N4OS. The molecule has 2 rings (SSSR count). The van der Waals surface area contributed by atoms with Gasteiger partial charge in [0.05, 0.1) is 12.2 Å². The lowest BCUT2D eigenvalue weighted by molar-refractivity contribution is 0.204. The fourth-order valence-corrected chi connectivity index (χ4v) is 3.15. The lowest BCUT2D eigenvalue weighted by atomic mass is 10.1. The number of rotatable bonds is 4. The van der Waals surface area contributed by atoms with Crippen molar-refractivity contribution in [3.05, 3.63) is 22.9 Å². The molecule has 1 aliphatic rings. The largest absolute Gasteiger partial charge is 0.395 e. The van der Waals surface area contributed by atoms with Crippen LogP contribution in [0.25, 0.3) is 0 Å². The van der Waals surface area contributed by atoms with Crippen LogP contribution in [-0.4, -0.2) is 59.3 Å². The van der Waals surface area contributed by atoms with Crippen LogP contribution in [0.4, 0.5) is 5.82 Å². The third-order valence-corrected chi connectivity index (χ3v) is 4.08. The van der Waals surface area contributed by atoms with Crippen LogP contribution in [0.5, 0.6) is 0 Å². The summed E-state index contributed by atoms with van der Waals surface area (Å²) in [6.45, 7) is 8.71. The van der Waals surface area contributed by atoms with Crippen molar-refractivity contribution in [3.8, 4) is 0 Å². The van der Waals surface area contributed by atoms with Gasteiger partial charge in [0.25, 0.3) is 0 Å². The first-order valence-corrected chi connectivity index (χ1v) is 7.80. The topological polar surface area (TPSA) is 65.6 Å². The Balaban J connectivity index is 2.27. The average Bonchev–Trinajstić information content (AvgIpc) is 2.63. The minimum atomic E-state index is 0.208. The number of aryl methyl sites for hydroxylation is 2. The maximum absolute atomic E-state index is 9.08. The zero-order valence-corrected chi connectivity index (χ0v) is 13.6. The molecule has 0 radical (unpaired) electrons. The van der Waals surface area contributed by atoms with Crippen LogP contribution in [0, 0.1) is 13.8 Å². The number of nitrogens with two attached hydrogens (primary N) is 1. The van der Waals surface area contributed by atoms with Crippen LogP contribution in [0.2, 0.25) is 0 Å². The van der Waals surface area contributed by atoms with E-state index in [2.05, 4.69) is 14.8 Å². The number of β-amino-alcohol motifs (C(OH)–C–C–N with tert-alkyl or cyclic N) is 1. The predicted molar refractivity (Wildman–Crippen MR) is 90.0 cm³/mol. The van der Waals surface area contributed by atoms with E-state index in [1.54, 1.807) is 0 Å². The number of thiocarbonyl (C=S) groups is 1. The Labute approximate surface area is 131 Å². The summed E-state index contributed by atoms with van der Waals surface area (Å²) < 4.78 is 0. The number of nitrogens with zero attached hydrogens (tertiary/aromatic N) is 3.